The molecule has 0 aliphatic carbocycles. The van der Waals surface area contributed by atoms with Gasteiger partial charge in [-0.15, -0.1) is 0 Å². The van der Waals surface area contributed by atoms with Crippen LogP contribution in [-0.4, -0.2) is 41.3 Å². The maximum absolute atomic E-state index is 10.6. The molecule has 1 aliphatic rings. The molecule has 112 valence electrons. The van der Waals surface area contributed by atoms with Gasteiger partial charge in [-0.05, 0) is 51.4 Å². The summed E-state index contributed by atoms with van der Waals surface area (Å²) in [4.78, 5) is 14.8. The van der Waals surface area contributed by atoms with Gasteiger partial charge in [0, 0.05) is 11.8 Å². The molecule has 21 heavy (non-hydrogen) atoms. The Bertz CT molecular complexity index is 535. The lowest BCUT2D eigenvalue weighted by Crippen LogP contribution is -2.41. The third kappa shape index (κ3) is 3.23. The lowest BCUT2D eigenvalue weighted by Gasteiger charge is -2.32. The van der Waals surface area contributed by atoms with Gasteiger partial charge in [0.05, 0.1) is 23.5 Å². The van der Waals surface area contributed by atoms with E-state index in [1.165, 1.54) is 6.20 Å². The van der Waals surface area contributed by atoms with Gasteiger partial charge in [-0.2, -0.15) is 0 Å². The molecule has 0 aromatic carbocycles. The number of hydrogen-bond acceptors (Lipinski definition) is 5. The molecule has 6 heteroatoms. The predicted molar refractivity (Wildman–Crippen MR) is 80.8 cm³/mol. The number of nitrogens with zero attached hydrogens (tertiary/aromatic N) is 1. The van der Waals surface area contributed by atoms with Crippen molar-refractivity contribution in [1.82, 2.24) is 4.98 Å². The molecule has 0 amide bonds. The molecular formula is C15H20BNO4. The average Bonchev–Trinajstić information content (AvgIpc) is 2.65. The summed E-state index contributed by atoms with van der Waals surface area (Å²) in [6.45, 7) is 7.64. The standard InChI is InChI=1S/C15H20BNO4/c1-14(2)15(3,4)21-16(20-14)12(10-19)7-13-6-5-11(9-18)8-17-13/h5-9,19H,10H2,1-4H3. The van der Waals surface area contributed by atoms with E-state index in [9.17, 15) is 9.90 Å². The summed E-state index contributed by atoms with van der Waals surface area (Å²) in [5.41, 5.74) is 0.828. The summed E-state index contributed by atoms with van der Waals surface area (Å²) in [6, 6.07) is 3.38. The SMILES string of the molecule is CC1(C)OB(C(=Cc2ccc(C=O)cn2)CO)OC1(C)C. The predicted octanol–water partition coefficient (Wildman–Crippen LogP) is 1.90. The first-order valence-corrected chi connectivity index (χ1v) is 6.87. The summed E-state index contributed by atoms with van der Waals surface area (Å²) in [7, 11) is -0.604. The van der Waals surface area contributed by atoms with Crippen LogP contribution in [0, 0.1) is 0 Å². The summed E-state index contributed by atoms with van der Waals surface area (Å²) >= 11 is 0. The second kappa shape index (κ2) is 5.71. The molecule has 5 nitrogen and oxygen atoms in total. The van der Waals surface area contributed by atoms with Gasteiger partial charge in [-0.25, -0.2) is 0 Å². The average molecular weight is 289 g/mol. The van der Waals surface area contributed by atoms with Crippen LogP contribution in [0.4, 0.5) is 0 Å². The van der Waals surface area contributed by atoms with Gasteiger partial charge < -0.3 is 14.4 Å². The fourth-order valence-corrected chi connectivity index (χ4v) is 1.94. The van der Waals surface area contributed by atoms with Crippen LogP contribution in [0.1, 0.15) is 43.7 Å². The molecule has 1 aromatic rings. The van der Waals surface area contributed by atoms with E-state index in [1.54, 1.807) is 18.2 Å². The number of hydrogen-bond donors (Lipinski definition) is 1. The van der Waals surface area contributed by atoms with E-state index >= 15 is 0 Å². The van der Waals surface area contributed by atoms with Crippen LogP contribution in [0.25, 0.3) is 6.08 Å². The maximum atomic E-state index is 10.6. The zero-order valence-electron chi connectivity index (χ0n) is 12.8. The number of aldehydes is 1. The van der Waals surface area contributed by atoms with Crippen molar-refractivity contribution < 1.29 is 19.2 Å². The van der Waals surface area contributed by atoms with Gasteiger partial charge in [0.25, 0.3) is 0 Å². The fourth-order valence-electron chi connectivity index (χ4n) is 1.94. The molecule has 0 atom stereocenters. The van der Waals surface area contributed by atoms with Crippen molar-refractivity contribution in [2.24, 2.45) is 0 Å². The molecule has 0 radical (unpaired) electrons. The molecule has 1 N–H and O–H groups in total. The minimum atomic E-state index is -0.604. The van der Waals surface area contributed by atoms with E-state index in [0.717, 1.165) is 6.29 Å². The zero-order chi connectivity index (χ0) is 15.7. The number of rotatable bonds is 4. The van der Waals surface area contributed by atoms with Crippen molar-refractivity contribution in [3.05, 3.63) is 35.1 Å². The molecule has 0 unspecified atom stereocenters. The monoisotopic (exact) mass is 289 g/mol. The van der Waals surface area contributed by atoms with Crippen LogP contribution < -0.4 is 0 Å². The molecule has 2 heterocycles. The number of aliphatic hydroxyl groups is 1. The van der Waals surface area contributed by atoms with Gasteiger partial charge in [-0.3, -0.25) is 9.78 Å². The highest BCUT2D eigenvalue weighted by atomic mass is 16.7. The summed E-state index contributed by atoms with van der Waals surface area (Å²) in [5, 5.41) is 9.58. The highest BCUT2D eigenvalue weighted by Crippen LogP contribution is 2.38. The Morgan fingerprint density at radius 1 is 1.29 bits per heavy atom. The zero-order valence-corrected chi connectivity index (χ0v) is 12.8. The van der Waals surface area contributed by atoms with Gasteiger partial charge in [-0.1, -0.05) is 0 Å². The first-order valence-electron chi connectivity index (χ1n) is 6.87. The fraction of sp³-hybridized carbons (Fsp3) is 0.467. The first-order chi connectivity index (χ1) is 9.79. The molecule has 0 bridgehead atoms. The molecule has 1 fully saturated rings. The Morgan fingerprint density at radius 2 is 1.90 bits per heavy atom. The molecule has 1 aromatic heterocycles. The van der Waals surface area contributed by atoms with Gasteiger partial charge in [0.15, 0.2) is 6.29 Å². The molecule has 1 aliphatic heterocycles. The van der Waals surface area contributed by atoms with Crippen molar-refractivity contribution in [3.8, 4) is 0 Å². The van der Waals surface area contributed by atoms with Crippen molar-refractivity contribution in [2.75, 3.05) is 6.61 Å². The molecule has 0 saturated carbocycles. The van der Waals surface area contributed by atoms with E-state index in [0.29, 0.717) is 16.7 Å². The number of aromatic nitrogens is 1. The number of aliphatic hydroxyl groups excluding tert-OH is 1. The Kier molecular flexibility index (Phi) is 4.32. The second-order valence-corrected chi connectivity index (χ2v) is 6.10. The normalized spacial score (nSPS) is 20.6. The summed E-state index contributed by atoms with van der Waals surface area (Å²) in [5.74, 6) is 0. The third-order valence-corrected chi connectivity index (χ3v) is 4.02. The molecule has 2 rings (SSSR count). The van der Waals surface area contributed by atoms with Gasteiger partial charge in [0.2, 0.25) is 0 Å². The molecule has 0 spiro atoms. The van der Waals surface area contributed by atoms with E-state index in [4.69, 9.17) is 9.31 Å². The second-order valence-electron chi connectivity index (χ2n) is 6.10. The highest BCUT2D eigenvalue weighted by Gasteiger charge is 2.52. The van der Waals surface area contributed by atoms with Crippen molar-refractivity contribution in [2.45, 2.75) is 38.9 Å². The minimum Gasteiger partial charge on any atom is -0.400 e. The van der Waals surface area contributed by atoms with Crippen molar-refractivity contribution in [1.29, 1.82) is 0 Å². The van der Waals surface area contributed by atoms with Crippen LogP contribution in [0.5, 0.6) is 0 Å². The summed E-state index contributed by atoms with van der Waals surface area (Å²) in [6.07, 6.45) is 3.94. The highest BCUT2D eigenvalue weighted by molar-refractivity contribution is 6.55. The van der Waals surface area contributed by atoms with Crippen LogP contribution in [0.3, 0.4) is 0 Å². The molecular weight excluding hydrogens is 269 g/mol. The minimum absolute atomic E-state index is 0.187. The van der Waals surface area contributed by atoms with Crippen molar-refractivity contribution >= 4 is 19.5 Å². The Morgan fingerprint density at radius 3 is 2.33 bits per heavy atom. The third-order valence-electron chi connectivity index (χ3n) is 4.02. The number of pyridine rings is 1. The Hall–Kier alpha value is -1.50. The Balaban J connectivity index is 2.23. The van der Waals surface area contributed by atoms with Crippen LogP contribution in [0.15, 0.2) is 23.8 Å². The van der Waals surface area contributed by atoms with Crippen LogP contribution in [-0.2, 0) is 9.31 Å². The van der Waals surface area contributed by atoms with E-state index in [2.05, 4.69) is 4.98 Å². The number of carbonyl (C=O) groups is 1. The van der Waals surface area contributed by atoms with Crippen molar-refractivity contribution in [3.63, 3.8) is 0 Å². The first kappa shape index (κ1) is 15.9. The van der Waals surface area contributed by atoms with E-state index in [1.807, 2.05) is 27.7 Å². The van der Waals surface area contributed by atoms with Gasteiger partial charge in [0.1, 0.15) is 0 Å². The maximum Gasteiger partial charge on any atom is 0.492 e. The Labute approximate surface area is 125 Å². The number of carbonyl (C=O) groups excluding carboxylic acids is 1. The van der Waals surface area contributed by atoms with Gasteiger partial charge >= 0.3 is 7.12 Å². The van der Waals surface area contributed by atoms with Crippen LogP contribution >= 0.6 is 0 Å². The quantitative estimate of drug-likeness (QED) is 0.677. The van der Waals surface area contributed by atoms with E-state index in [-0.39, 0.29) is 6.61 Å². The lowest BCUT2D eigenvalue weighted by molar-refractivity contribution is 0.00578. The smallest absolute Gasteiger partial charge is 0.400 e. The molecule has 1 saturated heterocycles. The van der Waals surface area contributed by atoms with Crippen LogP contribution in [0.2, 0.25) is 0 Å². The van der Waals surface area contributed by atoms with E-state index < -0.39 is 18.3 Å². The largest absolute Gasteiger partial charge is 0.492 e. The topological polar surface area (TPSA) is 68.7 Å². The lowest BCUT2D eigenvalue weighted by atomic mass is 9.78. The summed E-state index contributed by atoms with van der Waals surface area (Å²) < 4.78 is 11.8.